The summed E-state index contributed by atoms with van der Waals surface area (Å²) in [5.74, 6) is 0.0511. The first-order chi connectivity index (χ1) is 13.2. The Labute approximate surface area is 159 Å². The molecule has 0 unspecified atom stereocenters. The second kappa shape index (κ2) is 7.92. The van der Waals surface area contributed by atoms with Crippen LogP contribution in [0.3, 0.4) is 0 Å². The number of oxime groups is 1. The van der Waals surface area contributed by atoms with E-state index in [1.165, 1.54) is 5.69 Å². The molecule has 142 valence electrons. The topological polar surface area (TPSA) is 71.8 Å². The molecule has 4 rings (SSSR count). The van der Waals surface area contributed by atoms with Gasteiger partial charge in [-0.1, -0.05) is 42.4 Å². The Morgan fingerprint density at radius 3 is 2.96 bits per heavy atom. The highest BCUT2D eigenvalue weighted by molar-refractivity contribution is 6.01. The van der Waals surface area contributed by atoms with E-state index in [1.807, 2.05) is 29.8 Å². The van der Waals surface area contributed by atoms with E-state index in [4.69, 9.17) is 4.84 Å². The SMILES string of the molecule is CCC(=O)NCc1cc2n(n1)CCN(C[C@@H]1CC(c3ccccc3)=NO1)C2. The number of carbonyl (C=O) groups is 1. The van der Waals surface area contributed by atoms with Gasteiger partial charge in [-0.15, -0.1) is 0 Å². The average molecular weight is 367 g/mol. The molecule has 1 aromatic carbocycles. The van der Waals surface area contributed by atoms with E-state index in [9.17, 15) is 4.79 Å². The Kier molecular flexibility index (Phi) is 5.20. The maximum Gasteiger partial charge on any atom is 0.220 e. The van der Waals surface area contributed by atoms with Crippen LogP contribution in [-0.4, -0.2) is 45.5 Å². The third kappa shape index (κ3) is 4.19. The summed E-state index contributed by atoms with van der Waals surface area (Å²) >= 11 is 0. The van der Waals surface area contributed by atoms with Gasteiger partial charge in [-0.05, 0) is 11.6 Å². The number of aromatic nitrogens is 2. The lowest BCUT2D eigenvalue weighted by atomic mass is 10.0. The van der Waals surface area contributed by atoms with E-state index in [0.29, 0.717) is 13.0 Å². The lowest BCUT2D eigenvalue weighted by molar-refractivity contribution is -0.120. The normalized spacial score (nSPS) is 19.3. The number of carbonyl (C=O) groups excluding carboxylic acids is 1. The molecule has 7 heteroatoms. The zero-order valence-electron chi connectivity index (χ0n) is 15.6. The lowest BCUT2D eigenvalue weighted by Gasteiger charge is -2.28. The molecule has 2 aliphatic heterocycles. The van der Waals surface area contributed by atoms with Crippen molar-refractivity contribution in [2.24, 2.45) is 5.16 Å². The number of nitrogens with zero attached hydrogens (tertiary/aromatic N) is 4. The molecule has 0 bridgehead atoms. The monoisotopic (exact) mass is 367 g/mol. The summed E-state index contributed by atoms with van der Waals surface area (Å²) < 4.78 is 2.05. The smallest absolute Gasteiger partial charge is 0.220 e. The van der Waals surface area contributed by atoms with Crippen LogP contribution in [-0.2, 0) is 29.3 Å². The minimum Gasteiger partial charge on any atom is -0.390 e. The van der Waals surface area contributed by atoms with E-state index in [0.717, 1.165) is 49.6 Å². The fourth-order valence-electron chi connectivity index (χ4n) is 3.55. The summed E-state index contributed by atoms with van der Waals surface area (Å²) in [7, 11) is 0. The minimum absolute atomic E-state index is 0.0511. The third-order valence-electron chi connectivity index (χ3n) is 5.02. The summed E-state index contributed by atoms with van der Waals surface area (Å²) in [5.41, 5.74) is 4.26. The molecule has 0 fully saturated rings. The molecule has 1 amide bonds. The van der Waals surface area contributed by atoms with Gasteiger partial charge in [-0.2, -0.15) is 5.10 Å². The van der Waals surface area contributed by atoms with Gasteiger partial charge in [0.2, 0.25) is 5.91 Å². The van der Waals surface area contributed by atoms with Crippen molar-refractivity contribution in [2.75, 3.05) is 13.1 Å². The van der Waals surface area contributed by atoms with E-state index in [1.54, 1.807) is 0 Å². The second-order valence-electron chi connectivity index (χ2n) is 7.05. The van der Waals surface area contributed by atoms with Crippen LogP contribution in [0.15, 0.2) is 41.6 Å². The van der Waals surface area contributed by atoms with Gasteiger partial charge < -0.3 is 10.2 Å². The van der Waals surface area contributed by atoms with Crippen LogP contribution in [0.4, 0.5) is 0 Å². The number of rotatable bonds is 6. The Morgan fingerprint density at radius 2 is 2.15 bits per heavy atom. The molecule has 27 heavy (non-hydrogen) atoms. The Bertz CT molecular complexity index is 830. The van der Waals surface area contributed by atoms with Gasteiger partial charge in [0, 0.05) is 32.5 Å². The molecule has 0 spiro atoms. The number of hydrogen-bond donors (Lipinski definition) is 1. The van der Waals surface area contributed by atoms with E-state index < -0.39 is 0 Å². The standard InChI is InChI=1S/C20H25N5O2/c1-2-20(26)21-12-16-10-17-13-24(8-9-25(17)22-16)14-18-11-19(23-27-18)15-6-4-3-5-7-15/h3-7,10,18H,2,8-9,11-14H2,1H3,(H,21,26)/t18-/m0/s1. The Hall–Kier alpha value is -2.67. The highest BCUT2D eigenvalue weighted by Crippen LogP contribution is 2.20. The van der Waals surface area contributed by atoms with Crippen LogP contribution in [0.1, 0.15) is 36.7 Å². The molecule has 0 saturated carbocycles. The molecule has 3 heterocycles. The molecular weight excluding hydrogens is 342 g/mol. The largest absolute Gasteiger partial charge is 0.390 e. The van der Waals surface area contributed by atoms with Gasteiger partial charge in [-0.25, -0.2) is 0 Å². The maximum atomic E-state index is 11.4. The van der Waals surface area contributed by atoms with Crippen molar-refractivity contribution in [1.82, 2.24) is 20.0 Å². The van der Waals surface area contributed by atoms with Crippen LogP contribution in [0.2, 0.25) is 0 Å². The lowest BCUT2D eigenvalue weighted by Crippen LogP contribution is -2.38. The molecule has 0 aliphatic carbocycles. The van der Waals surface area contributed by atoms with Crippen LogP contribution in [0.25, 0.3) is 0 Å². The molecule has 0 saturated heterocycles. The summed E-state index contributed by atoms with van der Waals surface area (Å²) in [4.78, 5) is 19.5. The number of hydrogen-bond acceptors (Lipinski definition) is 5. The van der Waals surface area contributed by atoms with Crippen molar-refractivity contribution < 1.29 is 9.63 Å². The fourth-order valence-corrected chi connectivity index (χ4v) is 3.55. The highest BCUT2D eigenvalue weighted by atomic mass is 16.6. The van der Waals surface area contributed by atoms with E-state index in [-0.39, 0.29) is 12.0 Å². The quantitative estimate of drug-likeness (QED) is 0.847. The Morgan fingerprint density at radius 1 is 1.30 bits per heavy atom. The molecular formula is C20H25N5O2. The predicted molar refractivity (Wildman–Crippen MR) is 102 cm³/mol. The van der Waals surface area contributed by atoms with E-state index >= 15 is 0 Å². The summed E-state index contributed by atoms with van der Waals surface area (Å²) in [5, 5.41) is 11.8. The van der Waals surface area contributed by atoms with Gasteiger partial charge in [0.15, 0.2) is 0 Å². The molecule has 1 aromatic heterocycles. The number of nitrogens with one attached hydrogen (secondary N) is 1. The molecule has 2 aliphatic rings. The van der Waals surface area contributed by atoms with Crippen LogP contribution >= 0.6 is 0 Å². The van der Waals surface area contributed by atoms with Crippen LogP contribution in [0.5, 0.6) is 0 Å². The molecule has 1 N–H and O–H groups in total. The zero-order chi connectivity index (χ0) is 18.6. The first-order valence-corrected chi connectivity index (χ1v) is 9.54. The first kappa shape index (κ1) is 17.7. The number of benzene rings is 1. The van der Waals surface area contributed by atoms with Gasteiger partial charge in [-0.3, -0.25) is 14.4 Å². The molecule has 7 nitrogen and oxygen atoms in total. The van der Waals surface area contributed by atoms with Crippen molar-refractivity contribution >= 4 is 11.6 Å². The third-order valence-corrected chi connectivity index (χ3v) is 5.02. The molecule has 2 aromatic rings. The number of fused-ring (bicyclic) bond motifs is 1. The van der Waals surface area contributed by atoms with E-state index in [2.05, 4.69) is 38.7 Å². The van der Waals surface area contributed by atoms with Gasteiger partial charge in [0.05, 0.1) is 30.2 Å². The summed E-state index contributed by atoms with van der Waals surface area (Å²) in [6.45, 7) is 5.84. The average Bonchev–Trinajstić information content (AvgIpc) is 3.33. The van der Waals surface area contributed by atoms with Crippen LogP contribution in [0, 0.1) is 0 Å². The van der Waals surface area contributed by atoms with Gasteiger partial charge >= 0.3 is 0 Å². The Balaban J connectivity index is 1.30. The van der Waals surface area contributed by atoms with Crippen LogP contribution < -0.4 is 5.32 Å². The minimum atomic E-state index is 0.0511. The summed E-state index contributed by atoms with van der Waals surface area (Å²) in [6.07, 6.45) is 1.43. The number of amides is 1. The van der Waals surface area contributed by atoms with Crippen molar-refractivity contribution in [3.05, 3.63) is 53.3 Å². The highest BCUT2D eigenvalue weighted by Gasteiger charge is 2.27. The van der Waals surface area contributed by atoms with Crippen molar-refractivity contribution in [3.63, 3.8) is 0 Å². The summed E-state index contributed by atoms with van der Waals surface area (Å²) in [6, 6.07) is 12.3. The van der Waals surface area contributed by atoms with Gasteiger partial charge in [0.1, 0.15) is 6.10 Å². The van der Waals surface area contributed by atoms with Crippen molar-refractivity contribution in [2.45, 2.75) is 45.5 Å². The van der Waals surface area contributed by atoms with Gasteiger partial charge in [0.25, 0.3) is 0 Å². The predicted octanol–water partition coefficient (Wildman–Crippen LogP) is 1.92. The van der Waals surface area contributed by atoms with Crippen molar-refractivity contribution in [3.8, 4) is 0 Å². The molecule has 0 radical (unpaired) electrons. The fraction of sp³-hybridized carbons (Fsp3) is 0.450. The maximum absolute atomic E-state index is 11.4. The first-order valence-electron chi connectivity index (χ1n) is 9.54. The zero-order valence-corrected chi connectivity index (χ0v) is 15.6. The second-order valence-corrected chi connectivity index (χ2v) is 7.05. The van der Waals surface area contributed by atoms with Crippen molar-refractivity contribution in [1.29, 1.82) is 0 Å². The molecule has 1 atom stereocenters.